The van der Waals surface area contributed by atoms with Crippen LogP contribution < -0.4 is 29.6 Å². The number of rotatable bonds is 7. The molecule has 0 spiro atoms. The summed E-state index contributed by atoms with van der Waals surface area (Å²) in [4.78, 5) is 0. The first-order valence-corrected chi connectivity index (χ1v) is 6.49. The van der Waals surface area contributed by atoms with E-state index in [2.05, 4.69) is 6.92 Å². The van der Waals surface area contributed by atoms with E-state index < -0.39 is 21.5 Å². The Bertz CT molecular complexity index is 240. The van der Waals surface area contributed by atoms with E-state index in [9.17, 15) is 18.1 Å². The van der Waals surface area contributed by atoms with Gasteiger partial charge in [0.1, 0.15) is 0 Å². The molecule has 0 saturated heterocycles. The molecule has 0 aliphatic rings. The third kappa shape index (κ3) is 8.65. The van der Waals surface area contributed by atoms with E-state index in [-0.39, 0.29) is 29.6 Å². The average molecular weight is 246 g/mol. The third-order valence-corrected chi connectivity index (χ3v) is 3.58. The predicted molar refractivity (Wildman–Crippen MR) is 53.9 cm³/mol. The molecule has 0 fully saturated rings. The van der Waals surface area contributed by atoms with Crippen LogP contribution in [0.4, 0.5) is 0 Å². The largest absolute Gasteiger partial charge is 1.00 e. The molecule has 0 rings (SSSR count). The van der Waals surface area contributed by atoms with Gasteiger partial charge in [-0.1, -0.05) is 32.6 Å². The van der Waals surface area contributed by atoms with Crippen LogP contribution in [0.25, 0.3) is 0 Å². The van der Waals surface area contributed by atoms with Crippen LogP contribution in [0.5, 0.6) is 0 Å². The van der Waals surface area contributed by atoms with Crippen molar-refractivity contribution in [2.24, 2.45) is 0 Å². The first kappa shape index (κ1) is 18.2. The molecular formula is C9H19NaO4S. The molecule has 2 unspecified atom stereocenters. The summed E-state index contributed by atoms with van der Waals surface area (Å²) < 4.78 is 31.6. The summed E-state index contributed by atoms with van der Waals surface area (Å²) in [6.07, 6.45) is 3.28. The zero-order valence-electron chi connectivity index (χ0n) is 9.77. The number of unbranched alkanes of at least 4 members (excludes halogenated alkanes) is 3. The summed E-state index contributed by atoms with van der Waals surface area (Å²) in [5, 5.41) is 8.18. The van der Waals surface area contributed by atoms with Crippen LogP contribution >= 0.6 is 0 Å². The van der Waals surface area contributed by atoms with E-state index >= 15 is 0 Å². The van der Waals surface area contributed by atoms with Crippen molar-refractivity contribution in [3.8, 4) is 0 Å². The molecule has 4 nitrogen and oxygen atoms in total. The fraction of sp³-hybridized carbons (Fsp3) is 1.00. The van der Waals surface area contributed by atoms with Crippen LogP contribution in [0, 0.1) is 0 Å². The second kappa shape index (κ2) is 8.96. The van der Waals surface area contributed by atoms with E-state index in [1.165, 1.54) is 6.92 Å². The Labute approximate surface area is 114 Å². The summed E-state index contributed by atoms with van der Waals surface area (Å²) in [5.41, 5.74) is 0. The molecule has 0 bridgehead atoms. The average Bonchev–Trinajstić information content (AvgIpc) is 2.09. The normalized spacial score (nSPS) is 15.5. The quantitative estimate of drug-likeness (QED) is 0.328. The third-order valence-electron chi connectivity index (χ3n) is 2.35. The first-order chi connectivity index (χ1) is 6.39. The number of aliphatic hydroxyl groups excluding tert-OH is 1. The second-order valence-corrected chi connectivity index (χ2v) is 5.34. The Morgan fingerprint density at radius 1 is 1.27 bits per heavy atom. The molecule has 0 radical (unpaired) electrons. The SMILES string of the molecule is CCCCCCC(O)C(C)S(=O)(=O)[O-].[Na+]. The Kier molecular flexibility index (Phi) is 10.9. The van der Waals surface area contributed by atoms with Gasteiger partial charge in [-0.25, -0.2) is 8.42 Å². The molecule has 6 heteroatoms. The van der Waals surface area contributed by atoms with Crippen LogP contribution in [-0.2, 0) is 10.1 Å². The molecule has 0 saturated carbocycles. The van der Waals surface area contributed by atoms with Crippen molar-refractivity contribution in [1.82, 2.24) is 0 Å². The van der Waals surface area contributed by atoms with Gasteiger partial charge in [0.15, 0.2) is 0 Å². The molecule has 0 aliphatic carbocycles. The zero-order valence-corrected chi connectivity index (χ0v) is 12.6. The van der Waals surface area contributed by atoms with E-state index in [1.807, 2.05) is 0 Å². The zero-order chi connectivity index (χ0) is 11.2. The molecule has 1 N–H and O–H groups in total. The van der Waals surface area contributed by atoms with Crippen molar-refractivity contribution in [3.05, 3.63) is 0 Å². The Balaban J connectivity index is 0. The minimum absolute atomic E-state index is 0. The smallest absolute Gasteiger partial charge is 0.748 e. The van der Waals surface area contributed by atoms with Crippen LogP contribution in [0.2, 0.25) is 0 Å². The maximum Gasteiger partial charge on any atom is 1.00 e. The van der Waals surface area contributed by atoms with Crippen LogP contribution in [0.3, 0.4) is 0 Å². The predicted octanol–water partition coefficient (Wildman–Crippen LogP) is -1.74. The number of aliphatic hydroxyl groups is 1. The molecule has 0 aliphatic heterocycles. The molecule has 86 valence electrons. The van der Waals surface area contributed by atoms with E-state index in [0.717, 1.165) is 25.7 Å². The number of hydrogen-bond acceptors (Lipinski definition) is 4. The second-order valence-electron chi connectivity index (χ2n) is 3.61. The van der Waals surface area contributed by atoms with Gasteiger partial charge < -0.3 is 9.66 Å². The van der Waals surface area contributed by atoms with Crippen LogP contribution in [0.1, 0.15) is 46.0 Å². The molecule has 0 aromatic carbocycles. The first-order valence-electron chi connectivity index (χ1n) is 5.02. The molecular weight excluding hydrogens is 227 g/mol. The summed E-state index contributed by atoms with van der Waals surface area (Å²) in [5.74, 6) is 0. The molecule has 15 heavy (non-hydrogen) atoms. The van der Waals surface area contributed by atoms with Gasteiger partial charge in [-0.3, -0.25) is 0 Å². The summed E-state index contributed by atoms with van der Waals surface area (Å²) in [6, 6.07) is 0. The monoisotopic (exact) mass is 246 g/mol. The Morgan fingerprint density at radius 2 is 1.80 bits per heavy atom. The standard InChI is InChI=1S/C9H20O4S.Na/c1-3-4-5-6-7-9(10)8(2)14(11,12)13;/h8-10H,3-7H2,1-2H3,(H,11,12,13);/q;+1/p-1. The maximum atomic E-state index is 10.5. The summed E-state index contributed by atoms with van der Waals surface area (Å²) >= 11 is 0. The van der Waals surface area contributed by atoms with E-state index in [0.29, 0.717) is 6.42 Å². The van der Waals surface area contributed by atoms with Gasteiger partial charge in [0.25, 0.3) is 0 Å². The summed E-state index contributed by atoms with van der Waals surface area (Å²) in [7, 11) is -4.34. The van der Waals surface area contributed by atoms with Crippen molar-refractivity contribution < 1.29 is 47.6 Å². The topological polar surface area (TPSA) is 77.4 Å². The molecule has 2 atom stereocenters. The van der Waals surface area contributed by atoms with Crippen molar-refractivity contribution in [2.45, 2.75) is 57.3 Å². The Morgan fingerprint density at radius 3 is 2.20 bits per heavy atom. The van der Waals surface area contributed by atoms with Gasteiger partial charge in [-0.15, -0.1) is 0 Å². The Hall–Kier alpha value is 0.870. The molecule has 0 aromatic rings. The minimum atomic E-state index is -4.34. The van der Waals surface area contributed by atoms with Gasteiger partial charge in [-0.05, 0) is 13.3 Å². The van der Waals surface area contributed by atoms with Crippen molar-refractivity contribution in [2.75, 3.05) is 0 Å². The fourth-order valence-electron chi connectivity index (χ4n) is 1.21. The molecule has 0 heterocycles. The van der Waals surface area contributed by atoms with Gasteiger partial charge in [-0.2, -0.15) is 0 Å². The van der Waals surface area contributed by atoms with Crippen LogP contribution in [0.15, 0.2) is 0 Å². The van der Waals surface area contributed by atoms with Gasteiger partial charge in [0, 0.05) is 0 Å². The van der Waals surface area contributed by atoms with E-state index in [1.54, 1.807) is 0 Å². The number of hydrogen-bond donors (Lipinski definition) is 1. The van der Waals surface area contributed by atoms with Gasteiger partial charge in [0.05, 0.1) is 21.5 Å². The fourth-order valence-corrected chi connectivity index (χ4v) is 1.73. The van der Waals surface area contributed by atoms with E-state index in [4.69, 9.17) is 0 Å². The van der Waals surface area contributed by atoms with Gasteiger partial charge in [0.2, 0.25) is 0 Å². The summed E-state index contributed by atoms with van der Waals surface area (Å²) in [6.45, 7) is 3.33. The van der Waals surface area contributed by atoms with Gasteiger partial charge >= 0.3 is 29.6 Å². The minimum Gasteiger partial charge on any atom is -0.748 e. The molecule has 0 amide bonds. The maximum absolute atomic E-state index is 10.5. The van der Waals surface area contributed by atoms with Crippen LogP contribution in [-0.4, -0.2) is 29.4 Å². The van der Waals surface area contributed by atoms with Crippen molar-refractivity contribution in [3.63, 3.8) is 0 Å². The van der Waals surface area contributed by atoms with Crippen molar-refractivity contribution in [1.29, 1.82) is 0 Å². The van der Waals surface area contributed by atoms with Crippen molar-refractivity contribution >= 4 is 10.1 Å². The molecule has 0 aromatic heterocycles.